The number of hydrogen-bond acceptors (Lipinski definition) is 8. The molecule has 148 valence electrons. The van der Waals surface area contributed by atoms with E-state index in [1.165, 1.54) is 0 Å². The molecule has 1 aliphatic carbocycles. The number of nitrogens with one attached hydrogen (secondary N) is 1. The lowest BCUT2D eigenvalue weighted by Gasteiger charge is -2.06. The Bertz CT molecular complexity index is 1430. The van der Waals surface area contributed by atoms with E-state index in [1.54, 1.807) is 30.3 Å². The fraction of sp³-hybridized carbons (Fsp3) is 0. The highest BCUT2D eigenvalue weighted by Gasteiger charge is 2.17. The van der Waals surface area contributed by atoms with Crippen LogP contribution in [0.3, 0.4) is 0 Å². The second-order valence-electron chi connectivity index (χ2n) is 5.88. The van der Waals surface area contributed by atoms with Gasteiger partial charge in [0.1, 0.15) is 22.9 Å². The van der Waals surface area contributed by atoms with Crippen molar-refractivity contribution < 1.29 is 25.3 Å². The van der Waals surface area contributed by atoms with Gasteiger partial charge in [0.15, 0.2) is 5.01 Å². The average molecular weight is 422 g/mol. The molecule has 2 aromatic carbocycles. The van der Waals surface area contributed by atoms with Crippen molar-refractivity contribution in [3.05, 3.63) is 72.2 Å². The number of aromatic hydroxyl groups is 2. The van der Waals surface area contributed by atoms with Crippen molar-refractivity contribution in [2.75, 3.05) is 5.32 Å². The Kier molecular flexibility index (Phi) is 4.00. The van der Waals surface area contributed by atoms with Crippen LogP contribution in [0.2, 0.25) is 0 Å². The quantitative estimate of drug-likeness (QED) is 0.435. The van der Waals surface area contributed by atoms with Crippen LogP contribution in [0.1, 0.15) is 15.8 Å². The summed E-state index contributed by atoms with van der Waals surface area (Å²) >= 11 is 0.946. The van der Waals surface area contributed by atoms with E-state index in [1.807, 2.05) is 0 Å². The summed E-state index contributed by atoms with van der Waals surface area (Å²) < 4.78 is 30.7. The summed E-state index contributed by atoms with van der Waals surface area (Å²) in [6, 6.07) is 7.79. The van der Waals surface area contributed by atoms with E-state index in [-0.39, 0.29) is 27.1 Å². The van der Waals surface area contributed by atoms with Gasteiger partial charge in [-0.3, -0.25) is 14.9 Å². The van der Waals surface area contributed by atoms with Crippen molar-refractivity contribution >= 4 is 39.6 Å². The highest BCUT2D eigenvalue weighted by Crippen LogP contribution is 2.40. The Morgan fingerprint density at radius 1 is 1.07 bits per heavy atom. The van der Waals surface area contributed by atoms with Crippen LogP contribution in [0.4, 0.5) is 10.8 Å². The molecule has 1 aliphatic rings. The molecule has 4 rings (SSSR count). The zero-order chi connectivity index (χ0) is 24.6. The van der Waals surface area contributed by atoms with Gasteiger partial charge in [0, 0.05) is 11.6 Å². The maximum atomic E-state index is 12.3. The first-order valence-electron chi connectivity index (χ1n) is 10.4. The number of amides is 1. The van der Waals surface area contributed by atoms with Gasteiger partial charge in [-0.1, -0.05) is 41.6 Å². The molecule has 0 saturated carbocycles. The number of hydrogen-bond donors (Lipinski definition) is 3. The van der Waals surface area contributed by atoms with Gasteiger partial charge in [0.2, 0.25) is 10.9 Å². The van der Waals surface area contributed by atoms with Crippen molar-refractivity contribution in [2.24, 2.45) is 4.99 Å². The van der Waals surface area contributed by atoms with Crippen molar-refractivity contribution in [3.8, 4) is 22.1 Å². The Morgan fingerprint density at radius 2 is 1.83 bits per heavy atom. The minimum absolute atomic E-state index is 0.0754. The van der Waals surface area contributed by atoms with Gasteiger partial charge in [0.25, 0.3) is 5.91 Å². The van der Waals surface area contributed by atoms with E-state index < -0.39 is 47.4 Å². The van der Waals surface area contributed by atoms with E-state index in [4.69, 9.17) is 5.48 Å². The Morgan fingerprint density at radius 3 is 2.63 bits per heavy atom. The molecule has 0 unspecified atom stereocenters. The summed E-state index contributed by atoms with van der Waals surface area (Å²) in [5.41, 5.74) is -0.394. The van der Waals surface area contributed by atoms with Crippen molar-refractivity contribution in [3.63, 3.8) is 0 Å². The SMILES string of the molecule is [2H]C1=C([2H])C([2H])=C([2H])C(=Nc2cc(O)c(-c3nnc(NC(=O)c4ccccc4)s3)cc2O)C1=O. The third-order valence-electron chi connectivity index (χ3n) is 3.87. The minimum atomic E-state index is -1.04. The molecule has 0 aliphatic heterocycles. The van der Waals surface area contributed by atoms with Crippen LogP contribution < -0.4 is 5.32 Å². The minimum Gasteiger partial charge on any atom is -0.507 e. The first kappa shape index (κ1) is 14.8. The largest absolute Gasteiger partial charge is 0.507 e. The summed E-state index contributed by atoms with van der Waals surface area (Å²) in [5.74, 6) is -2.31. The lowest BCUT2D eigenvalue weighted by atomic mass is 10.1. The van der Waals surface area contributed by atoms with Crippen LogP contribution in [0, 0.1) is 0 Å². The molecule has 9 heteroatoms. The van der Waals surface area contributed by atoms with E-state index >= 15 is 0 Å². The normalized spacial score (nSPS) is 17.5. The number of anilines is 1. The van der Waals surface area contributed by atoms with Crippen LogP contribution in [0.25, 0.3) is 10.6 Å². The number of ketones is 1. The molecule has 0 radical (unpaired) electrons. The standard InChI is InChI=1S/C21H14N4O4S/c26-16-9-5-4-8-14(16)22-15-11-17(27)13(10-18(15)28)20-24-25-21(30-20)23-19(29)12-6-2-1-3-7-12/h1-11,27-28H,(H,23,25,29)/i4D,5D,8D,9D. The van der Waals surface area contributed by atoms with Gasteiger partial charge in [-0.25, -0.2) is 4.99 Å². The summed E-state index contributed by atoms with van der Waals surface area (Å²) in [6.45, 7) is 0. The third-order valence-corrected chi connectivity index (χ3v) is 4.74. The molecule has 1 aromatic heterocycles. The number of aromatic nitrogens is 2. The predicted octanol–water partition coefficient (Wildman–Crippen LogP) is 3.64. The van der Waals surface area contributed by atoms with Crippen LogP contribution in [-0.2, 0) is 4.79 Å². The number of carbonyl (C=O) groups excluding carboxylic acids is 2. The van der Waals surface area contributed by atoms with Gasteiger partial charge >= 0.3 is 0 Å². The zero-order valence-electron chi connectivity index (χ0n) is 19.0. The zero-order valence-corrected chi connectivity index (χ0v) is 15.8. The van der Waals surface area contributed by atoms with E-state index in [0.29, 0.717) is 5.56 Å². The molecule has 0 fully saturated rings. The summed E-state index contributed by atoms with van der Waals surface area (Å²) in [6.07, 6.45) is 0. The summed E-state index contributed by atoms with van der Waals surface area (Å²) in [7, 11) is 0. The monoisotopic (exact) mass is 422 g/mol. The fourth-order valence-corrected chi connectivity index (χ4v) is 3.23. The molecular formula is C21H14N4O4S. The number of phenols is 2. The maximum absolute atomic E-state index is 12.3. The average Bonchev–Trinajstić information content (AvgIpc) is 3.29. The van der Waals surface area contributed by atoms with Crippen molar-refractivity contribution in [2.45, 2.75) is 0 Å². The van der Waals surface area contributed by atoms with Gasteiger partial charge in [0.05, 0.1) is 11.0 Å². The molecule has 0 atom stereocenters. The number of nitrogens with zero attached hydrogens (tertiary/aromatic N) is 3. The number of allylic oxidation sites excluding steroid dienone is 4. The van der Waals surface area contributed by atoms with Crippen LogP contribution in [0.15, 0.2) is 71.7 Å². The first-order valence-corrected chi connectivity index (χ1v) is 9.24. The van der Waals surface area contributed by atoms with Crippen LogP contribution in [0.5, 0.6) is 11.5 Å². The molecule has 3 aromatic rings. The van der Waals surface area contributed by atoms with Gasteiger partial charge < -0.3 is 10.2 Å². The smallest absolute Gasteiger partial charge is 0.257 e. The number of benzene rings is 2. The van der Waals surface area contributed by atoms with Crippen LogP contribution >= 0.6 is 11.3 Å². The first-order chi connectivity index (χ1) is 16.2. The van der Waals surface area contributed by atoms with Crippen LogP contribution in [-0.4, -0.2) is 37.8 Å². The highest BCUT2D eigenvalue weighted by atomic mass is 32.1. The maximum Gasteiger partial charge on any atom is 0.257 e. The molecule has 0 spiro atoms. The predicted molar refractivity (Wildman–Crippen MR) is 113 cm³/mol. The molecule has 8 nitrogen and oxygen atoms in total. The highest BCUT2D eigenvalue weighted by molar-refractivity contribution is 7.18. The second-order valence-corrected chi connectivity index (χ2v) is 6.86. The number of carbonyl (C=O) groups is 2. The fourth-order valence-electron chi connectivity index (χ4n) is 2.46. The van der Waals surface area contributed by atoms with Gasteiger partial charge in [-0.15, -0.1) is 10.2 Å². The molecule has 1 heterocycles. The third kappa shape index (κ3) is 4.01. The Labute approximate surface area is 180 Å². The topological polar surface area (TPSA) is 125 Å². The number of phenolic OH excluding ortho intramolecular Hbond substituents is 2. The van der Waals surface area contributed by atoms with E-state index in [9.17, 15) is 19.8 Å². The molecule has 30 heavy (non-hydrogen) atoms. The summed E-state index contributed by atoms with van der Waals surface area (Å²) in [4.78, 5) is 28.4. The van der Waals surface area contributed by atoms with Gasteiger partial charge in [-0.2, -0.15) is 0 Å². The number of aliphatic imine (C=N–C) groups is 1. The Hall–Kier alpha value is -4.11. The lowest BCUT2D eigenvalue weighted by molar-refractivity contribution is -0.108. The molecular weight excluding hydrogens is 404 g/mol. The molecule has 3 N–H and O–H groups in total. The summed E-state index contributed by atoms with van der Waals surface area (Å²) in [5, 5.41) is 31.6. The Balaban J connectivity index is 1.63. The molecule has 0 saturated heterocycles. The lowest BCUT2D eigenvalue weighted by Crippen LogP contribution is -2.11. The molecule has 1 amide bonds. The van der Waals surface area contributed by atoms with E-state index in [0.717, 1.165) is 23.5 Å². The number of rotatable bonds is 4. The molecule has 0 bridgehead atoms. The van der Waals surface area contributed by atoms with Crippen molar-refractivity contribution in [1.29, 1.82) is 0 Å². The van der Waals surface area contributed by atoms with Crippen molar-refractivity contribution in [1.82, 2.24) is 10.2 Å². The van der Waals surface area contributed by atoms with Gasteiger partial charge in [-0.05, 0) is 30.3 Å². The van der Waals surface area contributed by atoms with E-state index in [2.05, 4.69) is 20.5 Å². The second kappa shape index (κ2) is 8.10.